The van der Waals surface area contributed by atoms with E-state index in [1.165, 1.54) is 13.8 Å². The minimum absolute atomic E-state index is 0.0688. The van der Waals surface area contributed by atoms with Crippen LogP contribution in [0.3, 0.4) is 0 Å². The summed E-state index contributed by atoms with van der Waals surface area (Å²) in [6.45, 7) is 6.10. The van der Waals surface area contributed by atoms with E-state index in [-0.39, 0.29) is 86.1 Å². The molecular formula is C21H32O6. The van der Waals surface area contributed by atoms with Gasteiger partial charge in [0.1, 0.15) is 34.7 Å². The first-order valence-electron chi connectivity index (χ1n) is 9.73. The molecule has 0 aromatic heterocycles. The molecule has 152 valence electrons. The number of Topliss-reactive ketones (excluding diaryl/α,β-unsaturated/α-hetero) is 6. The van der Waals surface area contributed by atoms with Crippen LogP contribution in [0.2, 0.25) is 0 Å². The van der Waals surface area contributed by atoms with E-state index in [2.05, 4.69) is 0 Å². The van der Waals surface area contributed by atoms with Crippen molar-refractivity contribution in [3.63, 3.8) is 0 Å². The molecule has 0 aromatic carbocycles. The predicted octanol–water partition coefficient (Wildman–Crippen LogP) is 3.22. The smallest absolute Gasteiger partial charge is 0.143 e. The van der Waals surface area contributed by atoms with Crippen molar-refractivity contribution in [1.29, 1.82) is 0 Å². The summed E-state index contributed by atoms with van der Waals surface area (Å²) in [7, 11) is 0. The summed E-state index contributed by atoms with van der Waals surface area (Å²) in [6.07, 6.45) is 2.16. The van der Waals surface area contributed by atoms with E-state index in [9.17, 15) is 28.8 Å². The Kier molecular flexibility index (Phi) is 12.3. The maximum atomic E-state index is 11.9. The van der Waals surface area contributed by atoms with Gasteiger partial charge in [-0.1, -0.05) is 13.8 Å². The van der Waals surface area contributed by atoms with Crippen LogP contribution in [-0.2, 0) is 28.8 Å². The molecule has 0 rings (SSSR count). The number of carbonyl (C=O) groups excluding carboxylic acids is 6. The van der Waals surface area contributed by atoms with E-state index in [0.29, 0.717) is 6.42 Å². The monoisotopic (exact) mass is 380 g/mol. The summed E-state index contributed by atoms with van der Waals surface area (Å²) in [5, 5.41) is 0. The highest BCUT2D eigenvalue weighted by molar-refractivity contribution is 6.02. The minimum atomic E-state index is -0.708. The fourth-order valence-electron chi connectivity index (χ4n) is 3.02. The number of hydrogen-bond acceptors (Lipinski definition) is 6. The van der Waals surface area contributed by atoms with Crippen LogP contribution in [0.15, 0.2) is 0 Å². The van der Waals surface area contributed by atoms with Crippen molar-refractivity contribution in [3.05, 3.63) is 0 Å². The molecule has 0 N–H and O–H groups in total. The van der Waals surface area contributed by atoms with Gasteiger partial charge in [-0.15, -0.1) is 0 Å². The quantitative estimate of drug-likeness (QED) is 0.381. The third-order valence-electron chi connectivity index (χ3n) is 4.79. The van der Waals surface area contributed by atoms with Gasteiger partial charge in [-0.05, 0) is 33.1 Å². The second-order valence-electron chi connectivity index (χ2n) is 6.97. The van der Waals surface area contributed by atoms with Crippen molar-refractivity contribution < 1.29 is 28.8 Å². The van der Waals surface area contributed by atoms with Crippen LogP contribution >= 0.6 is 0 Å². The Balaban J connectivity index is 4.21. The number of ketones is 6. The van der Waals surface area contributed by atoms with Gasteiger partial charge in [-0.3, -0.25) is 28.8 Å². The zero-order chi connectivity index (χ0) is 21.0. The molecule has 27 heavy (non-hydrogen) atoms. The van der Waals surface area contributed by atoms with E-state index >= 15 is 0 Å². The number of hydrogen-bond donors (Lipinski definition) is 0. The third kappa shape index (κ3) is 10.1. The minimum Gasteiger partial charge on any atom is -0.300 e. The Morgan fingerprint density at radius 3 is 1.19 bits per heavy atom. The lowest BCUT2D eigenvalue weighted by Crippen LogP contribution is -2.22. The first-order chi connectivity index (χ1) is 12.6. The van der Waals surface area contributed by atoms with Gasteiger partial charge in [0, 0.05) is 38.5 Å². The van der Waals surface area contributed by atoms with Crippen LogP contribution < -0.4 is 0 Å². The van der Waals surface area contributed by atoms with Gasteiger partial charge in [-0.25, -0.2) is 0 Å². The molecule has 0 heterocycles. The number of carbonyl (C=O) groups is 6. The van der Waals surface area contributed by atoms with E-state index in [1.807, 2.05) is 0 Å². The normalized spacial score (nSPS) is 12.9. The predicted molar refractivity (Wildman–Crippen MR) is 101 cm³/mol. The molecule has 0 aromatic rings. The summed E-state index contributed by atoms with van der Waals surface area (Å²) in [5.74, 6) is -2.28. The molecule has 6 heteroatoms. The van der Waals surface area contributed by atoms with Gasteiger partial charge in [0.25, 0.3) is 0 Å². The summed E-state index contributed by atoms with van der Waals surface area (Å²) in [5.41, 5.74) is 0. The molecule has 0 bridgehead atoms. The van der Waals surface area contributed by atoms with Crippen molar-refractivity contribution >= 4 is 34.7 Å². The second kappa shape index (κ2) is 13.2. The Morgan fingerprint density at radius 1 is 0.593 bits per heavy atom. The second-order valence-corrected chi connectivity index (χ2v) is 6.97. The van der Waals surface area contributed by atoms with Gasteiger partial charge in [0.15, 0.2) is 0 Å². The third-order valence-corrected chi connectivity index (χ3v) is 4.79. The van der Waals surface area contributed by atoms with Gasteiger partial charge < -0.3 is 0 Å². The van der Waals surface area contributed by atoms with E-state index in [1.54, 1.807) is 13.8 Å². The zero-order valence-electron chi connectivity index (χ0n) is 17.0. The molecular weight excluding hydrogens is 348 g/mol. The molecule has 0 saturated carbocycles. The van der Waals surface area contributed by atoms with Crippen LogP contribution in [0.1, 0.15) is 85.5 Å². The molecule has 0 aliphatic rings. The van der Waals surface area contributed by atoms with Crippen LogP contribution in [-0.4, -0.2) is 34.7 Å². The largest absolute Gasteiger partial charge is 0.300 e. The molecule has 2 unspecified atom stereocenters. The van der Waals surface area contributed by atoms with Gasteiger partial charge in [0.2, 0.25) is 0 Å². The van der Waals surface area contributed by atoms with Crippen molar-refractivity contribution in [2.75, 3.05) is 0 Å². The zero-order valence-corrected chi connectivity index (χ0v) is 17.0. The molecule has 0 fully saturated rings. The number of rotatable bonds is 16. The lowest BCUT2D eigenvalue weighted by Gasteiger charge is -2.11. The molecule has 0 radical (unpaired) electrons. The van der Waals surface area contributed by atoms with Gasteiger partial charge in [-0.2, -0.15) is 0 Å². The van der Waals surface area contributed by atoms with Gasteiger partial charge >= 0.3 is 0 Å². The first kappa shape index (κ1) is 25.0. The standard InChI is InChI=1S/C21H32O6/c1-5-20(26)18(14(3)22)12-10-16(24)8-7-9-17(25)11-13-19(15(4)23)21(27)6-2/h18-19H,5-13H2,1-4H3. The fraction of sp³-hybridized carbons (Fsp3) is 0.714. The average molecular weight is 380 g/mol. The van der Waals surface area contributed by atoms with Crippen molar-refractivity contribution in [3.8, 4) is 0 Å². The summed E-state index contributed by atoms with van der Waals surface area (Å²) in [4.78, 5) is 70.2. The topological polar surface area (TPSA) is 102 Å². The molecule has 0 spiro atoms. The van der Waals surface area contributed by atoms with Crippen LogP contribution in [0.25, 0.3) is 0 Å². The molecule has 0 aliphatic carbocycles. The SMILES string of the molecule is CCC(=O)C(CCC(=O)CCCC(=O)CCC(C(C)=O)C(=O)CC)C(C)=O. The molecule has 0 amide bonds. The van der Waals surface area contributed by atoms with E-state index in [4.69, 9.17) is 0 Å². The highest BCUT2D eigenvalue weighted by Crippen LogP contribution is 2.16. The maximum Gasteiger partial charge on any atom is 0.143 e. The van der Waals surface area contributed by atoms with Gasteiger partial charge in [0.05, 0.1) is 11.8 Å². The highest BCUT2D eigenvalue weighted by atomic mass is 16.2. The fourth-order valence-corrected chi connectivity index (χ4v) is 3.02. The Morgan fingerprint density at radius 2 is 0.926 bits per heavy atom. The Labute approximate surface area is 161 Å². The molecule has 0 aliphatic heterocycles. The molecule has 2 atom stereocenters. The van der Waals surface area contributed by atoms with Crippen LogP contribution in [0.4, 0.5) is 0 Å². The van der Waals surface area contributed by atoms with E-state index in [0.717, 1.165) is 0 Å². The first-order valence-corrected chi connectivity index (χ1v) is 9.73. The van der Waals surface area contributed by atoms with Crippen molar-refractivity contribution in [2.45, 2.75) is 85.5 Å². The van der Waals surface area contributed by atoms with Crippen LogP contribution in [0.5, 0.6) is 0 Å². The highest BCUT2D eigenvalue weighted by Gasteiger charge is 2.23. The summed E-state index contributed by atoms with van der Waals surface area (Å²) < 4.78 is 0. The molecule has 0 saturated heterocycles. The van der Waals surface area contributed by atoms with Crippen LogP contribution in [0, 0.1) is 11.8 Å². The molecule has 6 nitrogen and oxygen atoms in total. The summed E-state index contributed by atoms with van der Waals surface area (Å²) >= 11 is 0. The maximum absolute atomic E-state index is 11.9. The van der Waals surface area contributed by atoms with Crippen molar-refractivity contribution in [2.24, 2.45) is 11.8 Å². The lowest BCUT2D eigenvalue weighted by molar-refractivity contribution is -0.133. The Hall–Kier alpha value is -1.98. The van der Waals surface area contributed by atoms with Crippen molar-refractivity contribution in [1.82, 2.24) is 0 Å². The summed E-state index contributed by atoms with van der Waals surface area (Å²) in [6, 6.07) is 0. The lowest BCUT2D eigenvalue weighted by atomic mass is 9.90. The Bertz CT molecular complexity index is 525. The average Bonchev–Trinajstić information content (AvgIpc) is 2.60. The van der Waals surface area contributed by atoms with E-state index < -0.39 is 11.8 Å².